The van der Waals surface area contributed by atoms with Crippen molar-refractivity contribution in [1.82, 2.24) is 4.98 Å². The first-order chi connectivity index (χ1) is 23.9. The number of nitrogens with one attached hydrogen (secondary N) is 2. The van der Waals surface area contributed by atoms with Gasteiger partial charge in [-0.05, 0) is 137 Å². The first kappa shape index (κ1) is 38.3. The number of esters is 1. The van der Waals surface area contributed by atoms with Gasteiger partial charge in [0.1, 0.15) is 29.2 Å². The van der Waals surface area contributed by atoms with Crippen molar-refractivity contribution in [2.45, 2.75) is 62.3 Å². The van der Waals surface area contributed by atoms with Crippen LogP contribution in [0.15, 0.2) is 89.5 Å². The minimum atomic E-state index is -0.610. The van der Waals surface area contributed by atoms with E-state index in [9.17, 15) is 9.59 Å². The lowest BCUT2D eigenvalue weighted by Gasteiger charge is -2.14. The van der Waals surface area contributed by atoms with E-state index >= 15 is 0 Å². The molecule has 0 saturated carbocycles. The third kappa shape index (κ3) is 9.27. The van der Waals surface area contributed by atoms with E-state index in [2.05, 4.69) is 24.1 Å². The van der Waals surface area contributed by atoms with E-state index in [1.165, 1.54) is 34.7 Å². The van der Waals surface area contributed by atoms with Crippen molar-refractivity contribution in [3.8, 4) is 23.6 Å². The molecule has 256 valence electrons. The van der Waals surface area contributed by atoms with E-state index in [1.54, 1.807) is 6.92 Å². The maximum Gasteiger partial charge on any atom is 0.350 e. The second-order valence-corrected chi connectivity index (χ2v) is 11.8. The molecule has 0 aliphatic carbocycles. The van der Waals surface area contributed by atoms with Gasteiger partial charge in [0.25, 0.3) is 0 Å². The molecule has 2 N–H and O–H groups in total. The predicted molar refractivity (Wildman–Crippen MR) is 201 cm³/mol. The van der Waals surface area contributed by atoms with Gasteiger partial charge in [0.15, 0.2) is 5.57 Å². The van der Waals surface area contributed by atoms with Gasteiger partial charge in [0.05, 0.1) is 17.5 Å². The summed E-state index contributed by atoms with van der Waals surface area (Å²) in [7, 11) is 0. The van der Waals surface area contributed by atoms with Gasteiger partial charge < -0.3 is 19.8 Å². The van der Waals surface area contributed by atoms with Crippen LogP contribution in [0.3, 0.4) is 0 Å². The average Bonchev–Trinajstić information content (AvgIpc) is 3.12. The standard InChI is InChI=1S/C16H20N2O2.C14H14N2O.C12H10O/c1-6-20-16(19)14(8-17)9-18-15-7-10(2)11(3)12(4)13(15)5;1-7-8(2)10(4)13-12(9(7)3)14(17)11(5-15)6-16-13;1-3-7-11(8-4-1)13-12-9-5-2-6-10-12/h7,9,18H,6H2,1-5H3;6H,1-4H3,(H,16,17);1-10H. The number of H-pyrrole nitrogens is 1. The van der Waals surface area contributed by atoms with Crippen LogP contribution in [-0.2, 0) is 9.53 Å². The summed E-state index contributed by atoms with van der Waals surface area (Å²) in [5.74, 6) is 1.13. The molecule has 0 radical (unpaired) electrons. The van der Waals surface area contributed by atoms with Crippen molar-refractivity contribution < 1.29 is 14.3 Å². The quantitative estimate of drug-likeness (QED) is 0.105. The number of hydrogen-bond donors (Lipinski definition) is 2. The highest BCUT2D eigenvalue weighted by atomic mass is 16.5. The fourth-order valence-electron chi connectivity index (χ4n) is 5.18. The summed E-state index contributed by atoms with van der Waals surface area (Å²) in [6.07, 6.45) is 2.89. The number of ether oxygens (including phenoxy) is 2. The zero-order chi connectivity index (χ0) is 37.0. The molecule has 0 bridgehead atoms. The highest BCUT2D eigenvalue weighted by molar-refractivity contribution is 5.93. The van der Waals surface area contributed by atoms with Crippen molar-refractivity contribution in [3.63, 3.8) is 0 Å². The van der Waals surface area contributed by atoms with Crippen LogP contribution >= 0.6 is 0 Å². The molecular formula is C42H44N4O4. The number of benzene rings is 4. The molecule has 0 atom stereocenters. The number of aryl methyl sites for hydroxylation is 3. The Bertz CT molecular complexity index is 2120. The van der Waals surface area contributed by atoms with E-state index in [0.29, 0.717) is 5.39 Å². The van der Waals surface area contributed by atoms with Crippen molar-refractivity contribution in [1.29, 1.82) is 10.5 Å². The van der Waals surface area contributed by atoms with E-state index < -0.39 is 5.97 Å². The van der Waals surface area contributed by atoms with Gasteiger partial charge in [0.2, 0.25) is 5.43 Å². The molecule has 0 aliphatic rings. The lowest BCUT2D eigenvalue weighted by atomic mass is 9.94. The first-order valence-corrected chi connectivity index (χ1v) is 16.3. The molecule has 1 heterocycles. The van der Waals surface area contributed by atoms with Crippen LogP contribution < -0.4 is 15.5 Å². The van der Waals surface area contributed by atoms with Gasteiger partial charge in [-0.1, -0.05) is 36.4 Å². The number of aromatic nitrogens is 1. The summed E-state index contributed by atoms with van der Waals surface area (Å²) in [6.45, 7) is 18.1. The average molecular weight is 669 g/mol. The Morgan fingerprint density at radius 2 is 1.32 bits per heavy atom. The molecule has 0 spiro atoms. The third-order valence-electron chi connectivity index (χ3n) is 8.83. The van der Waals surface area contributed by atoms with Crippen molar-refractivity contribution in [2.75, 3.05) is 11.9 Å². The molecule has 5 rings (SSSR count). The minimum absolute atomic E-state index is 0.0397. The second kappa shape index (κ2) is 17.9. The Morgan fingerprint density at radius 1 is 0.780 bits per heavy atom. The summed E-state index contributed by atoms with van der Waals surface area (Å²) in [5, 5.41) is 21.5. The van der Waals surface area contributed by atoms with Gasteiger partial charge in [-0.2, -0.15) is 10.5 Å². The molecule has 1 aromatic heterocycles. The first-order valence-electron chi connectivity index (χ1n) is 16.3. The zero-order valence-corrected chi connectivity index (χ0v) is 30.2. The molecule has 4 aromatic carbocycles. The normalized spacial score (nSPS) is 10.4. The molecule has 0 unspecified atom stereocenters. The van der Waals surface area contributed by atoms with E-state index in [4.69, 9.17) is 20.0 Å². The van der Waals surface area contributed by atoms with E-state index in [-0.39, 0.29) is 23.2 Å². The van der Waals surface area contributed by atoms with E-state index in [1.807, 2.05) is 120 Å². The smallest absolute Gasteiger partial charge is 0.350 e. The van der Waals surface area contributed by atoms with Crippen LogP contribution in [0, 0.1) is 78.1 Å². The maximum absolute atomic E-state index is 12.2. The van der Waals surface area contributed by atoms with Crippen LogP contribution in [0.25, 0.3) is 10.9 Å². The zero-order valence-electron chi connectivity index (χ0n) is 30.2. The lowest BCUT2D eigenvalue weighted by Crippen LogP contribution is -2.11. The maximum atomic E-state index is 12.2. The third-order valence-corrected chi connectivity index (χ3v) is 8.83. The fourth-order valence-corrected chi connectivity index (χ4v) is 5.18. The summed E-state index contributed by atoms with van der Waals surface area (Å²) >= 11 is 0. The van der Waals surface area contributed by atoms with Crippen molar-refractivity contribution >= 4 is 22.6 Å². The number of nitriles is 2. The number of pyridine rings is 1. The summed E-state index contributed by atoms with van der Waals surface area (Å²) in [4.78, 5) is 26.7. The monoisotopic (exact) mass is 668 g/mol. The van der Waals surface area contributed by atoms with Gasteiger partial charge >= 0.3 is 5.97 Å². The number of nitrogens with zero attached hydrogens (tertiary/aromatic N) is 2. The van der Waals surface area contributed by atoms with Crippen LogP contribution in [0.5, 0.6) is 11.5 Å². The molecule has 8 heteroatoms. The lowest BCUT2D eigenvalue weighted by molar-refractivity contribution is -0.138. The number of anilines is 1. The topological polar surface area (TPSA) is 128 Å². The number of hydrogen-bond acceptors (Lipinski definition) is 7. The van der Waals surface area contributed by atoms with Gasteiger partial charge in [-0.15, -0.1) is 0 Å². The van der Waals surface area contributed by atoms with Gasteiger partial charge in [-0.3, -0.25) is 4.79 Å². The Balaban J connectivity index is 0.000000207. The molecule has 0 amide bonds. The SMILES string of the molecule is CCOC(=O)C(C#N)=CNc1cc(C)c(C)c(C)c1C.Cc1c(C)c(C)c2c(=O)c(C#N)c[nH]c2c1C.c1ccc(Oc2ccccc2)cc1. The fraction of sp³-hybridized carbons (Fsp3) is 0.238. The van der Waals surface area contributed by atoms with E-state index in [0.717, 1.165) is 45.0 Å². The number of carbonyl (C=O) groups excluding carboxylic acids is 1. The Labute approximate surface area is 294 Å². The molecule has 5 aromatic rings. The molecular weight excluding hydrogens is 624 g/mol. The van der Waals surface area contributed by atoms with Crippen molar-refractivity contribution in [2.24, 2.45) is 0 Å². The summed E-state index contributed by atoms with van der Waals surface area (Å²) < 4.78 is 10.4. The van der Waals surface area contributed by atoms with Crippen LogP contribution in [0.2, 0.25) is 0 Å². The predicted octanol–water partition coefficient (Wildman–Crippen LogP) is 9.42. The number of fused-ring (bicyclic) bond motifs is 1. The Hall–Kier alpha value is -6.12. The number of aromatic amines is 1. The van der Waals surface area contributed by atoms with Crippen LogP contribution in [0.4, 0.5) is 5.69 Å². The van der Waals surface area contributed by atoms with Crippen molar-refractivity contribution in [3.05, 3.63) is 145 Å². The molecule has 0 saturated heterocycles. The van der Waals surface area contributed by atoms with Crippen LogP contribution in [-0.4, -0.2) is 17.6 Å². The second-order valence-electron chi connectivity index (χ2n) is 11.8. The molecule has 50 heavy (non-hydrogen) atoms. The largest absolute Gasteiger partial charge is 0.462 e. The molecule has 8 nitrogen and oxygen atoms in total. The molecule has 0 fully saturated rings. The summed E-state index contributed by atoms with van der Waals surface area (Å²) in [6, 6.07) is 25.3. The number of rotatable bonds is 6. The number of carbonyl (C=O) groups is 1. The highest BCUT2D eigenvalue weighted by Crippen LogP contribution is 2.27. The number of para-hydroxylation sites is 2. The Morgan fingerprint density at radius 3 is 1.84 bits per heavy atom. The summed E-state index contributed by atoms with van der Waals surface area (Å²) in [5.41, 5.74) is 10.8. The van der Waals surface area contributed by atoms with Gasteiger partial charge in [-0.25, -0.2) is 4.79 Å². The van der Waals surface area contributed by atoms with Crippen LogP contribution in [0.1, 0.15) is 57.0 Å². The minimum Gasteiger partial charge on any atom is -0.462 e. The Kier molecular flexibility index (Phi) is 13.7. The molecule has 0 aliphatic heterocycles. The highest BCUT2D eigenvalue weighted by Gasteiger charge is 2.14. The van der Waals surface area contributed by atoms with Gasteiger partial charge in [0, 0.05) is 18.1 Å².